The van der Waals surface area contributed by atoms with Gasteiger partial charge < -0.3 is 4.74 Å². The third-order valence-corrected chi connectivity index (χ3v) is 7.30. The maximum Gasteiger partial charge on any atom is 0.329 e. The summed E-state index contributed by atoms with van der Waals surface area (Å²) in [5, 5.41) is 0. The molecule has 0 bridgehead atoms. The minimum Gasteiger partial charge on any atom is -0.466 e. The Hall–Kier alpha value is -0.573. The van der Waals surface area contributed by atoms with Crippen molar-refractivity contribution < 1.29 is 9.53 Å². The van der Waals surface area contributed by atoms with Gasteiger partial charge in [0.05, 0.1) is 7.11 Å². The van der Waals surface area contributed by atoms with Gasteiger partial charge in [-0.3, -0.25) is 0 Å². The van der Waals surface area contributed by atoms with Gasteiger partial charge in [0.1, 0.15) is 0 Å². The average molecular weight is 244 g/mol. The molecule has 0 radical (unpaired) electrons. The highest BCUT2D eigenvalue weighted by atomic mass is 28.3. The SMILES string of the molecule is C=CC(=O)OC.CC(C)[SiH](C(C)C)C(C)C. The van der Waals surface area contributed by atoms with Crippen molar-refractivity contribution in [3.05, 3.63) is 12.7 Å². The molecule has 0 aromatic heterocycles. The van der Waals surface area contributed by atoms with Crippen LogP contribution in [-0.2, 0) is 9.53 Å². The van der Waals surface area contributed by atoms with Crippen molar-refractivity contribution >= 4 is 14.8 Å². The van der Waals surface area contributed by atoms with Crippen molar-refractivity contribution in [1.82, 2.24) is 0 Å². The van der Waals surface area contributed by atoms with Gasteiger partial charge in [0.15, 0.2) is 0 Å². The molecule has 0 fully saturated rings. The fraction of sp³-hybridized carbons (Fsp3) is 0.769. The fourth-order valence-corrected chi connectivity index (χ4v) is 7.01. The molecule has 0 saturated heterocycles. The molecule has 0 aromatic rings. The largest absolute Gasteiger partial charge is 0.466 e. The van der Waals surface area contributed by atoms with Crippen LogP contribution < -0.4 is 0 Å². The summed E-state index contributed by atoms with van der Waals surface area (Å²) in [7, 11) is 0.856. The van der Waals surface area contributed by atoms with E-state index >= 15 is 0 Å². The summed E-state index contributed by atoms with van der Waals surface area (Å²) in [5.41, 5.74) is 2.92. The second kappa shape index (κ2) is 9.64. The minimum absolute atomic E-state index is 0.394. The molecule has 0 N–H and O–H groups in total. The lowest BCUT2D eigenvalue weighted by Crippen LogP contribution is -2.24. The summed E-state index contributed by atoms with van der Waals surface area (Å²) in [5.74, 6) is -0.394. The Kier molecular flexibility index (Phi) is 10.7. The van der Waals surface area contributed by atoms with E-state index in [1.54, 1.807) is 0 Å². The lowest BCUT2D eigenvalue weighted by atomic mass is 10.5. The van der Waals surface area contributed by atoms with E-state index in [0.29, 0.717) is 0 Å². The van der Waals surface area contributed by atoms with E-state index in [0.717, 1.165) is 22.7 Å². The van der Waals surface area contributed by atoms with Crippen LogP contribution in [-0.4, -0.2) is 21.9 Å². The molecular weight excluding hydrogens is 216 g/mol. The summed E-state index contributed by atoms with van der Waals surface area (Å²) in [6.07, 6.45) is 1.11. The first-order chi connectivity index (χ1) is 7.27. The molecule has 0 rings (SSSR count). The third kappa shape index (κ3) is 8.71. The predicted molar refractivity (Wildman–Crippen MR) is 74.7 cm³/mol. The molecule has 0 aliphatic heterocycles. The van der Waals surface area contributed by atoms with Gasteiger partial charge in [-0.25, -0.2) is 4.79 Å². The van der Waals surface area contributed by atoms with Gasteiger partial charge in [0.2, 0.25) is 0 Å². The maximum atomic E-state index is 9.84. The Morgan fingerprint density at radius 3 is 1.38 bits per heavy atom. The number of rotatable bonds is 4. The Balaban J connectivity index is 0. The molecule has 0 amide bonds. The molecule has 3 heteroatoms. The molecule has 0 spiro atoms. The van der Waals surface area contributed by atoms with Gasteiger partial charge in [-0.1, -0.05) is 64.7 Å². The standard InChI is InChI=1S/C9H22Si.C4H6O2/c1-7(2)10(8(3)4)9(5)6;1-3-4(5)6-2/h7-10H,1-6H3;3H,1H2,2H3. The molecule has 0 aliphatic carbocycles. The van der Waals surface area contributed by atoms with Crippen LogP contribution in [0.5, 0.6) is 0 Å². The van der Waals surface area contributed by atoms with E-state index in [-0.39, 0.29) is 0 Å². The summed E-state index contributed by atoms with van der Waals surface area (Å²) in [6.45, 7) is 17.5. The zero-order valence-corrected chi connectivity index (χ0v) is 13.1. The van der Waals surface area contributed by atoms with Crippen molar-refractivity contribution in [3.63, 3.8) is 0 Å². The summed E-state index contributed by atoms with van der Waals surface area (Å²) in [6, 6.07) is 0. The highest BCUT2D eigenvalue weighted by molar-refractivity contribution is 6.63. The number of hydrogen-bond acceptors (Lipinski definition) is 2. The van der Waals surface area contributed by atoms with Crippen molar-refractivity contribution in [1.29, 1.82) is 0 Å². The molecule has 16 heavy (non-hydrogen) atoms. The monoisotopic (exact) mass is 244 g/mol. The molecule has 0 aliphatic rings. The Morgan fingerprint density at radius 1 is 1.06 bits per heavy atom. The second-order valence-corrected chi connectivity index (χ2v) is 10.2. The van der Waals surface area contributed by atoms with Crippen molar-refractivity contribution in [2.24, 2.45) is 0 Å². The first-order valence-corrected chi connectivity index (χ1v) is 7.98. The Morgan fingerprint density at radius 2 is 1.38 bits per heavy atom. The lowest BCUT2D eigenvalue weighted by Gasteiger charge is -2.26. The van der Waals surface area contributed by atoms with Crippen molar-refractivity contribution in [2.45, 2.75) is 58.2 Å². The van der Waals surface area contributed by atoms with Gasteiger partial charge in [0.25, 0.3) is 0 Å². The first-order valence-electron chi connectivity index (χ1n) is 5.98. The van der Waals surface area contributed by atoms with E-state index < -0.39 is 14.8 Å². The summed E-state index contributed by atoms with van der Waals surface area (Å²) >= 11 is 0. The van der Waals surface area contributed by atoms with Crippen molar-refractivity contribution in [3.8, 4) is 0 Å². The highest BCUT2D eigenvalue weighted by Gasteiger charge is 2.22. The van der Waals surface area contributed by atoms with E-state index in [4.69, 9.17) is 0 Å². The second-order valence-electron chi connectivity index (χ2n) is 5.04. The number of methoxy groups -OCH3 is 1. The quantitative estimate of drug-likeness (QED) is 0.427. The number of esters is 1. The number of carbonyl (C=O) groups excluding carboxylic acids is 1. The van der Waals surface area contributed by atoms with Crippen LogP contribution in [0.15, 0.2) is 12.7 Å². The Labute approximate surface area is 103 Å². The highest BCUT2D eigenvalue weighted by Crippen LogP contribution is 2.28. The third-order valence-electron chi connectivity index (χ3n) is 2.68. The number of carbonyl (C=O) groups is 1. The molecule has 2 nitrogen and oxygen atoms in total. The normalized spacial score (nSPS) is 10.4. The lowest BCUT2D eigenvalue weighted by molar-refractivity contribution is -0.134. The van der Waals surface area contributed by atoms with Crippen LogP contribution in [0, 0.1) is 0 Å². The molecule has 0 aromatic carbocycles. The minimum atomic E-state index is -0.454. The predicted octanol–water partition coefficient (Wildman–Crippen LogP) is 3.79. The molecular formula is C13H28O2Si. The van der Waals surface area contributed by atoms with Crippen LogP contribution in [0.2, 0.25) is 16.6 Å². The van der Waals surface area contributed by atoms with E-state index in [9.17, 15) is 4.79 Å². The van der Waals surface area contributed by atoms with Crippen LogP contribution in [0.3, 0.4) is 0 Å². The van der Waals surface area contributed by atoms with Crippen LogP contribution in [0.4, 0.5) is 0 Å². The van der Waals surface area contributed by atoms with Gasteiger partial charge in [-0.15, -0.1) is 0 Å². The first kappa shape index (κ1) is 17.8. The number of hydrogen-bond donors (Lipinski definition) is 0. The fourth-order valence-electron chi connectivity index (χ4n) is 2.39. The van der Waals surface area contributed by atoms with Gasteiger partial charge >= 0.3 is 5.97 Å². The molecule has 0 unspecified atom stereocenters. The average Bonchev–Trinajstić information content (AvgIpc) is 2.15. The molecule has 0 saturated carbocycles. The van der Waals surface area contributed by atoms with E-state index in [1.165, 1.54) is 7.11 Å². The maximum absolute atomic E-state index is 9.84. The van der Waals surface area contributed by atoms with Gasteiger partial charge in [-0.05, 0) is 0 Å². The van der Waals surface area contributed by atoms with Gasteiger partial charge in [-0.2, -0.15) is 0 Å². The van der Waals surface area contributed by atoms with E-state index in [1.807, 2.05) is 0 Å². The zero-order valence-electron chi connectivity index (χ0n) is 11.9. The number of ether oxygens (including phenoxy) is 1. The van der Waals surface area contributed by atoms with Crippen LogP contribution in [0.25, 0.3) is 0 Å². The van der Waals surface area contributed by atoms with Crippen LogP contribution >= 0.6 is 0 Å². The molecule has 96 valence electrons. The smallest absolute Gasteiger partial charge is 0.329 e. The van der Waals surface area contributed by atoms with Crippen molar-refractivity contribution in [2.75, 3.05) is 7.11 Å². The Bertz CT molecular complexity index is 179. The summed E-state index contributed by atoms with van der Waals surface area (Å²) in [4.78, 5) is 9.84. The zero-order chi connectivity index (χ0) is 13.3. The molecule has 0 heterocycles. The van der Waals surface area contributed by atoms with Gasteiger partial charge in [0, 0.05) is 14.9 Å². The molecule has 0 atom stereocenters. The van der Waals surface area contributed by atoms with Crippen LogP contribution in [0.1, 0.15) is 41.5 Å². The summed E-state index contributed by atoms with van der Waals surface area (Å²) < 4.78 is 4.14. The topological polar surface area (TPSA) is 26.3 Å². The van der Waals surface area contributed by atoms with E-state index in [2.05, 4.69) is 52.9 Å².